The van der Waals surface area contributed by atoms with Crippen molar-refractivity contribution in [2.24, 2.45) is 17.8 Å². The quantitative estimate of drug-likeness (QED) is 0.501. The van der Waals surface area contributed by atoms with E-state index in [0.717, 1.165) is 31.4 Å². The number of hydrogen-bond donors (Lipinski definition) is 0. The number of ether oxygens (including phenoxy) is 1. The van der Waals surface area contributed by atoms with Crippen molar-refractivity contribution in [2.45, 2.75) is 53.0 Å². The van der Waals surface area contributed by atoms with Gasteiger partial charge in [-0.05, 0) is 42.7 Å². The van der Waals surface area contributed by atoms with E-state index in [0.29, 0.717) is 5.92 Å². The Bertz CT molecular complexity index is 777. The second-order valence-corrected chi connectivity index (χ2v) is 8.75. The lowest BCUT2D eigenvalue weighted by Crippen LogP contribution is -2.33. The van der Waals surface area contributed by atoms with Gasteiger partial charge in [-0.25, -0.2) is 9.69 Å². The fraction of sp³-hybridized carbons (Fsp3) is 0.560. The molecule has 1 heterocycles. The summed E-state index contributed by atoms with van der Waals surface area (Å²) in [6.45, 7) is 9.13. The molecule has 0 saturated carbocycles. The number of amides is 3. The van der Waals surface area contributed by atoms with Gasteiger partial charge in [-0.1, -0.05) is 64.1 Å². The van der Waals surface area contributed by atoms with Gasteiger partial charge >= 0.3 is 6.09 Å². The predicted octanol–water partition coefficient (Wildman–Crippen LogP) is 4.82. The molecule has 3 amide bonds. The van der Waals surface area contributed by atoms with Crippen LogP contribution in [0.15, 0.2) is 42.5 Å². The summed E-state index contributed by atoms with van der Waals surface area (Å²) in [5.41, 5.74) is 0.882. The van der Waals surface area contributed by atoms with Crippen LogP contribution in [0.4, 0.5) is 4.79 Å². The molecule has 0 bridgehead atoms. The van der Waals surface area contributed by atoms with Gasteiger partial charge in [-0.15, -0.1) is 0 Å². The van der Waals surface area contributed by atoms with Gasteiger partial charge in [-0.2, -0.15) is 0 Å². The Labute approximate surface area is 186 Å². The average molecular weight is 429 g/mol. The predicted molar refractivity (Wildman–Crippen MR) is 121 cm³/mol. The number of cyclic esters (lactones) is 1. The van der Waals surface area contributed by atoms with Gasteiger partial charge in [0.25, 0.3) is 5.91 Å². The van der Waals surface area contributed by atoms with E-state index < -0.39 is 12.1 Å². The molecule has 1 aliphatic heterocycles. The third-order valence-electron chi connectivity index (χ3n) is 6.00. The SMILES string of the molecule is CC[C@@H](C)C(=O)N(C)CC[C@@H](C)C[C@H](C)/C=C/C(=O)N1C(=O)OC[C@H]1c1ccccc1. The molecule has 1 aromatic rings. The molecule has 0 N–H and O–H groups in total. The summed E-state index contributed by atoms with van der Waals surface area (Å²) in [7, 11) is 1.86. The van der Waals surface area contributed by atoms with Crippen LogP contribution in [0.25, 0.3) is 0 Å². The minimum atomic E-state index is -0.599. The maximum atomic E-state index is 12.7. The highest BCUT2D eigenvalue weighted by Gasteiger charge is 2.37. The lowest BCUT2D eigenvalue weighted by molar-refractivity contribution is -0.133. The zero-order valence-corrected chi connectivity index (χ0v) is 19.4. The highest BCUT2D eigenvalue weighted by atomic mass is 16.6. The summed E-state index contributed by atoms with van der Waals surface area (Å²) in [6, 6.07) is 9.06. The van der Waals surface area contributed by atoms with Crippen molar-refractivity contribution in [3.8, 4) is 0 Å². The van der Waals surface area contributed by atoms with E-state index in [1.807, 2.05) is 62.2 Å². The summed E-state index contributed by atoms with van der Waals surface area (Å²) in [5.74, 6) is 0.498. The highest BCUT2D eigenvalue weighted by molar-refractivity contribution is 5.99. The Hall–Kier alpha value is -2.63. The monoisotopic (exact) mass is 428 g/mol. The first-order valence-electron chi connectivity index (χ1n) is 11.2. The van der Waals surface area contributed by atoms with E-state index in [9.17, 15) is 14.4 Å². The normalized spacial score (nSPS) is 19.2. The molecule has 4 atom stereocenters. The molecule has 0 unspecified atom stereocenters. The average Bonchev–Trinajstić information content (AvgIpc) is 3.16. The van der Waals surface area contributed by atoms with Crippen LogP contribution < -0.4 is 0 Å². The number of nitrogens with zero attached hydrogens (tertiary/aromatic N) is 2. The smallest absolute Gasteiger partial charge is 0.417 e. The number of carbonyl (C=O) groups excluding carboxylic acids is 3. The van der Waals surface area contributed by atoms with E-state index in [1.165, 1.54) is 11.0 Å². The lowest BCUT2D eigenvalue weighted by Gasteiger charge is -2.23. The van der Waals surface area contributed by atoms with Crippen molar-refractivity contribution in [2.75, 3.05) is 20.2 Å². The number of rotatable bonds is 10. The molecule has 170 valence electrons. The minimum absolute atomic E-state index is 0.0603. The Balaban J connectivity index is 1.86. The van der Waals surface area contributed by atoms with Crippen LogP contribution in [0.2, 0.25) is 0 Å². The van der Waals surface area contributed by atoms with Crippen LogP contribution in [0.5, 0.6) is 0 Å². The van der Waals surface area contributed by atoms with Crippen molar-refractivity contribution >= 4 is 17.9 Å². The first-order chi connectivity index (χ1) is 14.7. The van der Waals surface area contributed by atoms with E-state index in [2.05, 4.69) is 13.8 Å². The van der Waals surface area contributed by atoms with Gasteiger partial charge < -0.3 is 9.64 Å². The highest BCUT2D eigenvalue weighted by Crippen LogP contribution is 2.28. The minimum Gasteiger partial charge on any atom is -0.446 e. The molecule has 0 aliphatic carbocycles. The summed E-state index contributed by atoms with van der Waals surface area (Å²) >= 11 is 0. The Morgan fingerprint density at radius 2 is 1.90 bits per heavy atom. The molecule has 0 spiro atoms. The fourth-order valence-electron chi connectivity index (χ4n) is 3.82. The topological polar surface area (TPSA) is 66.9 Å². The molecule has 1 aromatic carbocycles. The molecule has 31 heavy (non-hydrogen) atoms. The van der Waals surface area contributed by atoms with Crippen molar-refractivity contribution in [3.63, 3.8) is 0 Å². The molecule has 2 rings (SSSR count). The number of benzene rings is 1. The van der Waals surface area contributed by atoms with Gasteiger partial charge in [0, 0.05) is 19.5 Å². The van der Waals surface area contributed by atoms with E-state index in [1.54, 1.807) is 0 Å². The molecule has 1 saturated heterocycles. The molecule has 1 fully saturated rings. The number of imide groups is 1. The van der Waals surface area contributed by atoms with Crippen LogP contribution in [-0.2, 0) is 14.3 Å². The van der Waals surface area contributed by atoms with Crippen molar-refractivity contribution < 1.29 is 19.1 Å². The second kappa shape index (κ2) is 11.7. The standard InChI is InChI=1S/C25H36N2O4/c1-6-20(4)24(29)26(5)15-14-19(3)16-18(2)12-13-23(28)27-22(17-31-25(27)30)21-10-8-7-9-11-21/h7-13,18-20,22H,6,14-17H2,1-5H3/b13-12+/t18-,19-,20-,22+/m1/s1. The molecular formula is C25H36N2O4. The first-order valence-corrected chi connectivity index (χ1v) is 11.2. The molecular weight excluding hydrogens is 392 g/mol. The van der Waals surface area contributed by atoms with Gasteiger partial charge in [0.15, 0.2) is 0 Å². The van der Waals surface area contributed by atoms with Gasteiger partial charge in [-0.3, -0.25) is 9.59 Å². The largest absolute Gasteiger partial charge is 0.446 e. The maximum absolute atomic E-state index is 12.7. The molecule has 1 aliphatic rings. The molecule has 0 radical (unpaired) electrons. The third-order valence-corrected chi connectivity index (χ3v) is 6.00. The first kappa shape index (κ1) is 24.6. The van der Waals surface area contributed by atoms with Crippen LogP contribution in [0, 0.1) is 17.8 Å². The van der Waals surface area contributed by atoms with Crippen molar-refractivity contribution in [1.29, 1.82) is 0 Å². The van der Waals surface area contributed by atoms with E-state index >= 15 is 0 Å². The lowest BCUT2D eigenvalue weighted by atomic mass is 9.94. The van der Waals surface area contributed by atoms with Gasteiger partial charge in [0.1, 0.15) is 12.6 Å². The van der Waals surface area contributed by atoms with Crippen LogP contribution in [-0.4, -0.2) is 47.9 Å². The second-order valence-electron chi connectivity index (χ2n) is 8.75. The number of hydrogen-bond acceptors (Lipinski definition) is 4. The van der Waals surface area contributed by atoms with Crippen molar-refractivity contribution in [3.05, 3.63) is 48.0 Å². The molecule has 6 heteroatoms. The molecule has 6 nitrogen and oxygen atoms in total. The molecule has 0 aromatic heterocycles. The maximum Gasteiger partial charge on any atom is 0.417 e. The zero-order chi connectivity index (χ0) is 23.0. The summed E-state index contributed by atoms with van der Waals surface area (Å²) in [4.78, 5) is 40.0. The van der Waals surface area contributed by atoms with Gasteiger partial charge in [0.05, 0.1) is 0 Å². The Kier molecular flexibility index (Phi) is 9.28. The summed E-state index contributed by atoms with van der Waals surface area (Å²) in [6.07, 6.45) is 5.42. The van der Waals surface area contributed by atoms with Crippen LogP contribution >= 0.6 is 0 Å². The summed E-state index contributed by atoms with van der Waals surface area (Å²) < 4.78 is 5.12. The number of allylic oxidation sites excluding steroid dienone is 1. The summed E-state index contributed by atoms with van der Waals surface area (Å²) in [5, 5.41) is 0. The fourth-order valence-corrected chi connectivity index (χ4v) is 3.82. The van der Waals surface area contributed by atoms with Crippen molar-refractivity contribution in [1.82, 2.24) is 9.80 Å². The third kappa shape index (κ3) is 6.94. The van der Waals surface area contributed by atoms with Crippen LogP contribution in [0.1, 0.15) is 58.6 Å². The number of carbonyl (C=O) groups is 3. The zero-order valence-electron chi connectivity index (χ0n) is 19.4. The van der Waals surface area contributed by atoms with Crippen LogP contribution in [0.3, 0.4) is 0 Å². The Morgan fingerprint density at radius 1 is 1.23 bits per heavy atom. The Morgan fingerprint density at radius 3 is 2.55 bits per heavy atom. The van der Waals surface area contributed by atoms with E-state index in [4.69, 9.17) is 4.74 Å². The van der Waals surface area contributed by atoms with Gasteiger partial charge in [0.2, 0.25) is 5.91 Å². The van der Waals surface area contributed by atoms with E-state index in [-0.39, 0.29) is 30.3 Å².